The maximum absolute atomic E-state index is 11.7. The smallest absolute Gasteiger partial charge is 0.335 e. The van der Waals surface area contributed by atoms with Gasteiger partial charge >= 0.3 is 5.97 Å². The number of hydrogen-bond acceptors (Lipinski definition) is 3. The van der Waals surface area contributed by atoms with Gasteiger partial charge in [-0.15, -0.1) is 0 Å². The van der Waals surface area contributed by atoms with E-state index in [2.05, 4.69) is 6.07 Å². The highest BCUT2D eigenvalue weighted by molar-refractivity contribution is 6.03. The van der Waals surface area contributed by atoms with Crippen LogP contribution in [0.2, 0.25) is 0 Å². The van der Waals surface area contributed by atoms with Crippen LogP contribution in [0.25, 0.3) is 11.1 Å². The molecule has 0 radical (unpaired) electrons. The molecule has 1 aliphatic rings. The van der Waals surface area contributed by atoms with Crippen LogP contribution in [0.3, 0.4) is 0 Å². The topological polar surface area (TPSA) is 63.6 Å². The molecule has 1 heterocycles. The van der Waals surface area contributed by atoms with Gasteiger partial charge in [0.15, 0.2) is 5.78 Å². The Morgan fingerprint density at radius 2 is 1.55 bits per heavy atom. The average molecular weight is 384 g/mol. The number of carbonyl (C=O) groups is 2. The van der Waals surface area contributed by atoms with Crippen molar-refractivity contribution in [2.45, 2.75) is 13.8 Å². The monoisotopic (exact) mass is 384 g/mol. The molecule has 3 aromatic carbocycles. The number of ether oxygens (including phenoxy) is 1. The Hall–Kier alpha value is -3.66. The van der Waals surface area contributed by atoms with Gasteiger partial charge in [-0.2, -0.15) is 0 Å². The van der Waals surface area contributed by atoms with Crippen molar-refractivity contribution in [3.8, 4) is 5.75 Å². The van der Waals surface area contributed by atoms with Crippen molar-refractivity contribution >= 4 is 22.9 Å². The molecule has 4 nitrogen and oxygen atoms in total. The van der Waals surface area contributed by atoms with Gasteiger partial charge in [-0.3, -0.25) is 4.79 Å². The van der Waals surface area contributed by atoms with E-state index in [-0.39, 0.29) is 11.3 Å². The van der Waals surface area contributed by atoms with Crippen LogP contribution in [-0.4, -0.2) is 23.5 Å². The SMILES string of the molecule is CC(=O)c1ccc(/C(=C2/COc3ccc(C)cc32)c2cccc(C(=O)O)c2)cc1. The van der Waals surface area contributed by atoms with E-state index in [1.165, 1.54) is 6.92 Å². The molecule has 0 saturated carbocycles. The van der Waals surface area contributed by atoms with E-state index in [0.29, 0.717) is 12.2 Å². The quantitative estimate of drug-likeness (QED) is 0.624. The molecule has 0 saturated heterocycles. The lowest BCUT2D eigenvalue weighted by atomic mass is 9.88. The van der Waals surface area contributed by atoms with Crippen LogP contribution >= 0.6 is 0 Å². The summed E-state index contributed by atoms with van der Waals surface area (Å²) in [4.78, 5) is 23.2. The predicted molar refractivity (Wildman–Crippen MR) is 112 cm³/mol. The molecule has 0 amide bonds. The van der Waals surface area contributed by atoms with Gasteiger partial charge in [-0.25, -0.2) is 4.79 Å². The number of carboxylic acids is 1. The van der Waals surface area contributed by atoms with Crippen LogP contribution in [0, 0.1) is 6.92 Å². The van der Waals surface area contributed by atoms with Gasteiger partial charge in [0.25, 0.3) is 0 Å². The number of carbonyl (C=O) groups excluding carboxylic acids is 1. The highest BCUT2D eigenvalue weighted by Crippen LogP contribution is 2.41. The van der Waals surface area contributed by atoms with E-state index in [9.17, 15) is 14.7 Å². The van der Waals surface area contributed by atoms with E-state index in [4.69, 9.17) is 4.74 Å². The summed E-state index contributed by atoms with van der Waals surface area (Å²) in [7, 11) is 0. The third-order valence-electron chi connectivity index (χ3n) is 5.11. The molecular weight excluding hydrogens is 364 g/mol. The highest BCUT2D eigenvalue weighted by atomic mass is 16.5. The summed E-state index contributed by atoms with van der Waals surface area (Å²) in [6, 6.07) is 20.4. The molecule has 0 fully saturated rings. The summed E-state index contributed by atoms with van der Waals surface area (Å²) in [5.41, 5.74) is 6.61. The van der Waals surface area contributed by atoms with E-state index in [1.807, 2.05) is 37.3 Å². The Balaban J connectivity index is 1.97. The van der Waals surface area contributed by atoms with Crippen molar-refractivity contribution < 1.29 is 19.4 Å². The number of ketones is 1. The molecule has 0 atom stereocenters. The molecule has 29 heavy (non-hydrogen) atoms. The first-order valence-electron chi connectivity index (χ1n) is 9.36. The fourth-order valence-electron chi connectivity index (χ4n) is 3.63. The van der Waals surface area contributed by atoms with Crippen LogP contribution in [0.5, 0.6) is 5.75 Å². The summed E-state index contributed by atoms with van der Waals surface area (Å²) in [5.74, 6) is -0.149. The number of fused-ring (bicyclic) bond motifs is 1. The second-order valence-electron chi connectivity index (χ2n) is 7.16. The number of hydrogen-bond donors (Lipinski definition) is 1. The van der Waals surface area contributed by atoms with Crippen LogP contribution in [0.4, 0.5) is 0 Å². The third kappa shape index (κ3) is 3.57. The fraction of sp³-hybridized carbons (Fsp3) is 0.120. The second-order valence-corrected chi connectivity index (χ2v) is 7.16. The molecule has 0 spiro atoms. The molecule has 1 aliphatic heterocycles. The first-order valence-corrected chi connectivity index (χ1v) is 9.36. The van der Waals surface area contributed by atoms with Crippen LogP contribution in [0.1, 0.15) is 49.9 Å². The minimum Gasteiger partial charge on any atom is -0.488 e. The summed E-state index contributed by atoms with van der Waals surface area (Å²) >= 11 is 0. The van der Waals surface area contributed by atoms with Crippen molar-refractivity contribution in [1.29, 1.82) is 0 Å². The maximum Gasteiger partial charge on any atom is 0.335 e. The first kappa shape index (κ1) is 18.7. The van der Waals surface area contributed by atoms with E-state index in [0.717, 1.165) is 39.1 Å². The first-order chi connectivity index (χ1) is 13.9. The number of benzene rings is 3. The highest BCUT2D eigenvalue weighted by Gasteiger charge is 2.24. The lowest BCUT2D eigenvalue weighted by Gasteiger charge is -2.14. The normalized spacial score (nSPS) is 14.1. The molecule has 0 aliphatic carbocycles. The van der Waals surface area contributed by atoms with Gasteiger partial charge < -0.3 is 9.84 Å². The van der Waals surface area contributed by atoms with Gasteiger partial charge in [-0.05, 0) is 54.8 Å². The van der Waals surface area contributed by atoms with Gasteiger partial charge in [-0.1, -0.05) is 48.0 Å². The third-order valence-corrected chi connectivity index (χ3v) is 5.11. The summed E-state index contributed by atoms with van der Waals surface area (Å²) in [6.45, 7) is 3.97. The Bertz CT molecular complexity index is 1150. The Morgan fingerprint density at radius 1 is 0.862 bits per heavy atom. The van der Waals surface area contributed by atoms with Gasteiger partial charge in [0.1, 0.15) is 12.4 Å². The van der Waals surface area contributed by atoms with Crippen molar-refractivity contribution in [3.63, 3.8) is 0 Å². The standard InChI is InChI=1S/C25H20O4/c1-15-6-11-23-21(12-15)22(14-29-23)24(18-9-7-17(8-10-18)16(2)26)19-4-3-5-20(13-19)25(27)28/h3-13H,14H2,1-2H3,(H,27,28)/b24-22+. The van der Waals surface area contributed by atoms with Crippen LogP contribution < -0.4 is 4.74 Å². The van der Waals surface area contributed by atoms with E-state index >= 15 is 0 Å². The molecular formula is C25H20O4. The molecule has 1 N–H and O–H groups in total. The zero-order valence-corrected chi connectivity index (χ0v) is 16.2. The molecule has 0 bridgehead atoms. The lowest BCUT2D eigenvalue weighted by Crippen LogP contribution is -2.01. The predicted octanol–water partition coefficient (Wildman–Crippen LogP) is 5.25. The van der Waals surface area contributed by atoms with E-state index < -0.39 is 5.97 Å². The fourth-order valence-corrected chi connectivity index (χ4v) is 3.63. The molecule has 0 unspecified atom stereocenters. The average Bonchev–Trinajstić information content (AvgIpc) is 3.11. The van der Waals surface area contributed by atoms with Crippen LogP contribution in [-0.2, 0) is 0 Å². The summed E-state index contributed by atoms with van der Waals surface area (Å²) in [6.07, 6.45) is 0. The molecule has 144 valence electrons. The van der Waals surface area contributed by atoms with E-state index in [1.54, 1.807) is 30.3 Å². The van der Waals surface area contributed by atoms with Crippen molar-refractivity contribution in [1.82, 2.24) is 0 Å². The lowest BCUT2D eigenvalue weighted by molar-refractivity contribution is 0.0696. The Morgan fingerprint density at radius 3 is 2.24 bits per heavy atom. The van der Waals surface area contributed by atoms with Gasteiger partial charge in [0.2, 0.25) is 0 Å². The van der Waals surface area contributed by atoms with Gasteiger partial charge in [0, 0.05) is 16.7 Å². The number of aryl methyl sites for hydroxylation is 1. The zero-order valence-electron chi connectivity index (χ0n) is 16.2. The molecule has 0 aromatic heterocycles. The maximum atomic E-state index is 11.7. The van der Waals surface area contributed by atoms with Crippen molar-refractivity contribution in [2.24, 2.45) is 0 Å². The van der Waals surface area contributed by atoms with Crippen molar-refractivity contribution in [2.75, 3.05) is 6.61 Å². The Kier molecular flexibility index (Phi) is 4.77. The number of aromatic carboxylic acids is 1. The second kappa shape index (κ2) is 7.40. The summed E-state index contributed by atoms with van der Waals surface area (Å²) in [5, 5.41) is 9.44. The largest absolute Gasteiger partial charge is 0.488 e. The molecule has 4 rings (SSSR count). The number of Topliss-reactive ketones (excluding diaryl/α,β-unsaturated/α-hetero) is 1. The summed E-state index contributed by atoms with van der Waals surface area (Å²) < 4.78 is 5.90. The zero-order chi connectivity index (χ0) is 20.5. The van der Waals surface area contributed by atoms with Crippen LogP contribution in [0.15, 0.2) is 66.7 Å². The number of carboxylic acid groups (broad SMARTS) is 1. The Labute approximate surface area is 169 Å². The van der Waals surface area contributed by atoms with Crippen molar-refractivity contribution in [3.05, 3.63) is 100 Å². The molecule has 3 aromatic rings. The number of rotatable bonds is 4. The minimum atomic E-state index is -0.970. The minimum absolute atomic E-state index is 0.00352. The van der Waals surface area contributed by atoms with Gasteiger partial charge in [0.05, 0.1) is 5.56 Å². The molecule has 4 heteroatoms.